The molecule has 102 valence electrons. The van der Waals surface area contributed by atoms with Crippen LogP contribution in [0.3, 0.4) is 0 Å². The largest absolute Gasteiger partial charge is 0.394 e. The molecule has 0 amide bonds. The first-order chi connectivity index (χ1) is 8.00. The van der Waals surface area contributed by atoms with Gasteiger partial charge in [0.2, 0.25) is 0 Å². The first kappa shape index (κ1) is 14.9. The second-order valence-corrected chi connectivity index (χ2v) is 6.00. The molecule has 3 nitrogen and oxygen atoms in total. The Morgan fingerprint density at radius 3 is 2.65 bits per heavy atom. The smallest absolute Gasteiger partial charge is 0.0611 e. The van der Waals surface area contributed by atoms with Gasteiger partial charge in [-0.25, -0.2) is 0 Å². The van der Waals surface area contributed by atoms with Crippen LogP contribution in [0.5, 0.6) is 0 Å². The van der Waals surface area contributed by atoms with Crippen LogP contribution in [-0.2, 0) is 0 Å². The van der Waals surface area contributed by atoms with Crippen LogP contribution >= 0.6 is 0 Å². The highest BCUT2D eigenvalue weighted by Crippen LogP contribution is 2.22. The van der Waals surface area contributed by atoms with Gasteiger partial charge >= 0.3 is 0 Å². The fourth-order valence-electron chi connectivity index (χ4n) is 2.69. The summed E-state index contributed by atoms with van der Waals surface area (Å²) in [6.07, 6.45) is 5.57. The van der Waals surface area contributed by atoms with E-state index >= 15 is 0 Å². The van der Waals surface area contributed by atoms with Crippen LogP contribution in [0, 0.1) is 5.92 Å². The summed E-state index contributed by atoms with van der Waals surface area (Å²) in [5.41, 5.74) is 5.75. The van der Waals surface area contributed by atoms with Crippen LogP contribution in [0.15, 0.2) is 0 Å². The highest BCUT2D eigenvalue weighted by Gasteiger charge is 2.25. The average molecular weight is 242 g/mol. The number of nitrogens with zero attached hydrogens (tertiary/aromatic N) is 1. The minimum atomic E-state index is -0.357. The number of aliphatic hydroxyl groups excluding tert-OH is 1. The molecule has 0 spiro atoms. The summed E-state index contributed by atoms with van der Waals surface area (Å²) in [5, 5.41) is 9.28. The van der Waals surface area contributed by atoms with Crippen molar-refractivity contribution in [3.05, 3.63) is 0 Å². The van der Waals surface area contributed by atoms with Crippen molar-refractivity contribution in [3.63, 3.8) is 0 Å². The van der Waals surface area contributed by atoms with Gasteiger partial charge in [0, 0.05) is 18.1 Å². The zero-order valence-electron chi connectivity index (χ0n) is 11.8. The maximum absolute atomic E-state index is 9.28. The lowest BCUT2D eigenvalue weighted by atomic mass is 9.91. The van der Waals surface area contributed by atoms with Crippen molar-refractivity contribution in [1.29, 1.82) is 0 Å². The molecule has 3 heteroatoms. The van der Waals surface area contributed by atoms with Crippen LogP contribution in [-0.4, -0.2) is 41.3 Å². The first-order valence-electron chi connectivity index (χ1n) is 7.14. The Labute approximate surface area is 106 Å². The molecule has 0 aliphatic carbocycles. The third-order valence-electron chi connectivity index (χ3n) is 4.39. The quantitative estimate of drug-likeness (QED) is 0.749. The van der Waals surface area contributed by atoms with E-state index in [9.17, 15) is 5.11 Å². The lowest BCUT2D eigenvalue weighted by molar-refractivity contribution is 0.114. The van der Waals surface area contributed by atoms with E-state index in [0.717, 1.165) is 31.7 Å². The van der Waals surface area contributed by atoms with E-state index in [1.165, 1.54) is 19.4 Å². The highest BCUT2D eigenvalue weighted by molar-refractivity contribution is 4.83. The van der Waals surface area contributed by atoms with E-state index in [-0.39, 0.29) is 12.1 Å². The molecule has 3 N–H and O–H groups in total. The van der Waals surface area contributed by atoms with Crippen molar-refractivity contribution in [2.75, 3.05) is 19.7 Å². The van der Waals surface area contributed by atoms with Crippen molar-refractivity contribution in [2.45, 2.75) is 64.5 Å². The summed E-state index contributed by atoms with van der Waals surface area (Å²) in [6, 6.07) is 0.717. The molecule has 1 aliphatic rings. The number of rotatable bonds is 6. The third-order valence-corrected chi connectivity index (χ3v) is 4.39. The van der Waals surface area contributed by atoms with Gasteiger partial charge in [-0.1, -0.05) is 13.8 Å². The number of likely N-dealkylation sites (tertiary alicyclic amines) is 1. The monoisotopic (exact) mass is 242 g/mol. The number of hydrogen-bond acceptors (Lipinski definition) is 3. The van der Waals surface area contributed by atoms with Gasteiger partial charge < -0.3 is 15.7 Å². The predicted molar refractivity (Wildman–Crippen MR) is 73.0 cm³/mol. The van der Waals surface area contributed by atoms with Crippen LogP contribution in [0.4, 0.5) is 0 Å². The third kappa shape index (κ3) is 4.57. The summed E-state index contributed by atoms with van der Waals surface area (Å²) in [5.74, 6) is 0.831. The minimum Gasteiger partial charge on any atom is -0.394 e. The van der Waals surface area contributed by atoms with Crippen molar-refractivity contribution < 1.29 is 5.11 Å². The van der Waals surface area contributed by atoms with E-state index in [1.54, 1.807) is 0 Å². The lowest BCUT2D eigenvalue weighted by Crippen LogP contribution is -2.45. The fraction of sp³-hybridized carbons (Fsp3) is 1.00. The molecule has 17 heavy (non-hydrogen) atoms. The summed E-state index contributed by atoms with van der Waals surface area (Å²) >= 11 is 0. The molecule has 1 heterocycles. The molecule has 0 aromatic rings. The van der Waals surface area contributed by atoms with Gasteiger partial charge in [-0.15, -0.1) is 0 Å². The van der Waals surface area contributed by atoms with Crippen molar-refractivity contribution in [2.24, 2.45) is 11.7 Å². The molecule has 1 fully saturated rings. The molecule has 0 radical (unpaired) electrons. The van der Waals surface area contributed by atoms with E-state index in [2.05, 4.69) is 25.7 Å². The van der Waals surface area contributed by atoms with Crippen molar-refractivity contribution in [3.8, 4) is 0 Å². The number of hydrogen-bond donors (Lipinski definition) is 2. The van der Waals surface area contributed by atoms with Crippen molar-refractivity contribution >= 4 is 0 Å². The summed E-state index contributed by atoms with van der Waals surface area (Å²) in [7, 11) is 0. The van der Waals surface area contributed by atoms with Gasteiger partial charge in [-0.05, 0) is 51.5 Å². The molecule has 3 unspecified atom stereocenters. The maximum atomic E-state index is 9.28. The zero-order valence-corrected chi connectivity index (χ0v) is 11.8. The summed E-state index contributed by atoms with van der Waals surface area (Å²) < 4.78 is 0. The van der Waals surface area contributed by atoms with Gasteiger partial charge in [0.15, 0.2) is 0 Å². The summed E-state index contributed by atoms with van der Waals surface area (Å²) in [4.78, 5) is 2.58. The van der Waals surface area contributed by atoms with Crippen LogP contribution in [0.25, 0.3) is 0 Å². The Kier molecular flexibility index (Phi) is 5.90. The first-order valence-corrected chi connectivity index (χ1v) is 7.14. The maximum Gasteiger partial charge on any atom is 0.0611 e. The summed E-state index contributed by atoms with van der Waals surface area (Å²) in [6.45, 7) is 9.19. The second-order valence-electron chi connectivity index (χ2n) is 6.00. The Hall–Kier alpha value is -0.120. The number of nitrogens with two attached hydrogens (primary N) is 1. The SMILES string of the molecule is CCC(N)(CO)CCCN1CC(C)CCC1C. The number of aliphatic hydroxyl groups is 1. The van der Waals surface area contributed by atoms with E-state index in [4.69, 9.17) is 5.73 Å². The molecule has 1 rings (SSSR count). The minimum absolute atomic E-state index is 0.107. The van der Waals surface area contributed by atoms with Crippen molar-refractivity contribution in [1.82, 2.24) is 4.90 Å². The topological polar surface area (TPSA) is 49.5 Å². The molecule has 0 aromatic carbocycles. The average Bonchev–Trinajstić information content (AvgIpc) is 2.33. The van der Waals surface area contributed by atoms with Gasteiger partial charge in [0.05, 0.1) is 6.61 Å². The highest BCUT2D eigenvalue weighted by atomic mass is 16.3. The predicted octanol–water partition coefficient (Wildman–Crippen LogP) is 1.99. The van der Waals surface area contributed by atoms with Gasteiger partial charge in [-0.2, -0.15) is 0 Å². The molecule has 0 saturated carbocycles. The zero-order chi connectivity index (χ0) is 12.9. The molecule has 0 aromatic heterocycles. The Balaban J connectivity index is 2.30. The number of piperidine rings is 1. The van der Waals surface area contributed by atoms with E-state index < -0.39 is 0 Å². The van der Waals surface area contributed by atoms with Crippen LogP contribution < -0.4 is 5.73 Å². The standard InChI is InChI=1S/C14H30N2O/c1-4-14(15,11-17)8-5-9-16-10-12(2)6-7-13(16)3/h12-13,17H,4-11,15H2,1-3H3. The molecular formula is C14H30N2O. The molecule has 1 saturated heterocycles. The van der Waals surface area contributed by atoms with Gasteiger partial charge in [0.1, 0.15) is 0 Å². The Morgan fingerprint density at radius 2 is 2.06 bits per heavy atom. The van der Waals surface area contributed by atoms with Gasteiger partial charge in [-0.3, -0.25) is 0 Å². The second kappa shape index (κ2) is 6.72. The molecule has 0 bridgehead atoms. The van der Waals surface area contributed by atoms with Crippen LogP contribution in [0.1, 0.15) is 52.9 Å². The van der Waals surface area contributed by atoms with E-state index in [0.29, 0.717) is 6.04 Å². The Bertz CT molecular complexity index is 216. The Morgan fingerprint density at radius 1 is 1.35 bits per heavy atom. The fourth-order valence-corrected chi connectivity index (χ4v) is 2.69. The lowest BCUT2D eigenvalue weighted by Gasteiger charge is -2.37. The molecule has 3 atom stereocenters. The normalized spacial score (nSPS) is 30.2. The van der Waals surface area contributed by atoms with Gasteiger partial charge in [0.25, 0.3) is 0 Å². The molecular weight excluding hydrogens is 212 g/mol. The van der Waals surface area contributed by atoms with Crippen LogP contribution in [0.2, 0.25) is 0 Å². The molecule has 1 aliphatic heterocycles. The van der Waals surface area contributed by atoms with E-state index in [1.807, 2.05) is 0 Å².